The third kappa shape index (κ3) is 3.00. The molecule has 6 nitrogen and oxygen atoms in total. The van der Waals surface area contributed by atoms with Gasteiger partial charge in [0.2, 0.25) is 5.91 Å². The number of rotatable bonds is 4. The van der Waals surface area contributed by atoms with Crippen molar-refractivity contribution in [3.8, 4) is 0 Å². The van der Waals surface area contributed by atoms with Crippen molar-refractivity contribution in [1.82, 2.24) is 19.2 Å². The van der Waals surface area contributed by atoms with E-state index in [1.807, 2.05) is 43.5 Å². The van der Waals surface area contributed by atoms with Gasteiger partial charge in [-0.15, -0.1) is 11.8 Å². The number of likely N-dealkylation sites (N-methyl/N-ethyl adjacent to an activating group) is 1. The van der Waals surface area contributed by atoms with Crippen LogP contribution in [0.15, 0.2) is 24.5 Å². The summed E-state index contributed by atoms with van der Waals surface area (Å²) in [4.78, 5) is 33.4. The number of carbonyl (C=O) groups excluding carboxylic acids is 2. The smallest absolute Gasteiger partial charge is 0.275 e. The molecule has 0 saturated carbocycles. The molecule has 24 heavy (non-hydrogen) atoms. The highest BCUT2D eigenvalue weighted by Gasteiger charge is 2.37. The SMILES string of the molecule is CCN(CC)C(=O)[C@@H]1CSCN1C(=O)c1cn2ccc(C)cc2n1. The fraction of sp³-hybridized carbons (Fsp3) is 0.471. The Kier molecular flexibility index (Phi) is 4.80. The van der Waals surface area contributed by atoms with Gasteiger partial charge in [0.25, 0.3) is 5.91 Å². The van der Waals surface area contributed by atoms with Crippen molar-refractivity contribution < 1.29 is 9.59 Å². The molecule has 0 aliphatic carbocycles. The van der Waals surface area contributed by atoms with Gasteiger partial charge in [-0.25, -0.2) is 4.98 Å². The molecule has 0 spiro atoms. The first-order valence-electron chi connectivity index (χ1n) is 8.18. The fourth-order valence-corrected chi connectivity index (χ4v) is 4.07. The number of fused-ring (bicyclic) bond motifs is 1. The lowest BCUT2D eigenvalue weighted by Crippen LogP contribution is -2.49. The average Bonchev–Trinajstić information content (AvgIpc) is 3.21. The summed E-state index contributed by atoms with van der Waals surface area (Å²) in [5.74, 6) is 1.03. The van der Waals surface area contributed by atoms with E-state index >= 15 is 0 Å². The minimum Gasteiger partial charge on any atom is -0.341 e. The van der Waals surface area contributed by atoms with Crippen LogP contribution in [-0.4, -0.2) is 61.8 Å². The Labute approximate surface area is 145 Å². The van der Waals surface area contributed by atoms with Gasteiger partial charge in [-0.3, -0.25) is 9.59 Å². The number of carbonyl (C=O) groups is 2. The van der Waals surface area contributed by atoms with Crippen LogP contribution in [0.25, 0.3) is 5.65 Å². The molecule has 2 amide bonds. The van der Waals surface area contributed by atoms with Gasteiger partial charge in [0.1, 0.15) is 17.4 Å². The Morgan fingerprint density at radius 1 is 1.38 bits per heavy atom. The van der Waals surface area contributed by atoms with E-state index in [0.717, 1.165) is 11.2 Å². The van der Waals surface area contributed by atoms with Crippen molar-refractivity contribution in [3.63, 3.8) is 0 Å². The van der Waals surface area contributed by atoms with Gasteiger partial charge >= 0.3 is 0 Å². The molecule has 0 unspecified atom stereocenters. The van der Waals surface area contributed by atoms with Crippen molar-refractivity contribution in [3.05, 3.63) is 35.8 Å². The number of hydrogen-bond acceptors (Lipinski definition) is 4. The maximum Gasteiger partial charge on any atom is 0.275 e. The second-order valence-corrected chi connectivity index (χ2v) is 6.90. The van der Waals surface area contributed by atoms with Crippen LogP contribution in [-0.2, 0) is 4.79 Å². The van der Waals surface area contributed by atoms with Crippen molar-refractivity contribution in [1.29, 1.82) is 0 Å². The van der Waals surface area contributed by atoms with Gasteiger partial charge in [0.05, 0.1) is 5.88 Å². The Balaban J connectivity index is 1.85. The summed E-state index contributed by atoms with van der Waals surface area (Å²) in [5.41, 5.74) is 2.23. The zero-order chi connectivity index (χ0) is 17.3. The molecule has 1 fully saturated rings. The van der Waals surface area contributed by atoms with E-state index in [9.17, 15) is 9.59 Å². The summed E-state index contributed by atoms with van der Waals surface area (Å²) in [6, 6.07) is 3.52. The zero-order valence-corrected chi connectivity index (χ0v) is 15.0. The molecular weight excluding hydrogens is 324 g/mol. The van der Waals surface area contributed by atoms with Crippen LogP contribution in [0.4, 0.5) is 0 Å². The molecule has 0 N–H and O–H groups in total. The van der Waals surface area contributed by atoms with Crippen LogP contribution >= 0.6 is 11.8 Å². The summed E-state index contributed by atoms with van der Waals surface area (Å²) in [6.45, 7) is 7.23. The first-order chi connectivity index (χ1) is 11.5. The van der Waals surface area contributed by atoms with Gasteiger partial charge in [-0.05, 0) is 38.5 Å². The van der Waals surface area contributed by atoms with Crippen LogP contribution in [0.2, 0.25) is 0 Å². The van der Waals surface area contributed by atoms with E-state index in [1.165, 1.54) is 0 Å². The molecule has 128 valence electrons. The largest absolute Gasteiger partial charge is 0.341 e. The van der Waals surface area contributed by atoms with Crippen LogP contribution in [0.3, 0.4) is 0 Å². The second-order valence-electron chi connectivity index (χ2n) is 5.90. The highest BCUT2D eigenvalue weighted by atomic mass is 32.2. The molecule has 2 aromatic heterocycles. The lowest BCUT2D eigenvalue weighted by atomic mass is 10.2. The Bertz CT molecular complexity index is 769. The van der Waals surface area contributed by atoms with Crippen molar-refractivity contribution in [2.75, 3.05) is 24.7 Å². The van der Waals surface area contributed by atoms with E-state index < -0.39 is 6.04 Å². The normalized spacial score (nSPS) is 17.5. The molecule has 0 bridgehead atoms. The molecule has 1 atom stereocenters. The molecule has 7 heteroatoms. The van der Waals surface area contributed by atoms with Gasteiger partial charge in [0.15, 0.2) is 0 Å². The number of nitrogens with zero attached hydrogens (tertiary/aromatic N) is 4. The highest BCUT2D eigenvalue weighted by Crippen LogP contribution is 2.24. The summed E-state index contributed by atoms with van der Waals surface area (Å²) < 4.78 is 1.84. The molecule has 0 radical (unpaired) electrons. The summed E-state index contributed by atoms with van der Waals surface area (Å²) in [6.07, 6.45) is 3.63. The average molecular weight is 346 g/mol. The molecule has 2 aromatic rings. The topological polar surface area (TPSA) is 57.9 Å². The number of pyridine rings is 1. The third-order valence-corrected chi connectivity index (χ3v) is 5.35. The lowest BCUT2D eigenvalue weighted by molar-refractivity contribution is -0.134. The van der Waals surface area contributed by atoms with Crippen LogP contribution in [0.1, 0.15) is 29.9 Å². The fourth-order valence-electron chi connectivity index (χ4n) is 2.93. The number of amides is 2. The molecule has 3 heterocycles. The van der Waals surface area contributed by atoms with Crippen molar-refractivity contribution in [2.45, 2.75) is 26.8 Å². The molecule has 1 aliphatic rings. The lowest BCUT2D eigenvalue weighted by Gasteiger charge is -2.27. The highest BCUT2D eigenvalue weighted by molar-refractivity contribution is 7.99. The minimum atomic E-state index is -0.394. The number of aryl methyl sites for hydroxylation is 1. The van der Waals surface area contributed by atoms with Gasteiger partial charge in [0, 0.05) is 31.2 Å². The van der Waals surface area contributed by atoms with Crippen LogP contribution in [0.5, 0.6) is 0 Å². The molecule has 1 saturated heterocycles. The summed E-state index contributed by atoms with van der Waals surface area (Å²) in [5, 5.41) is 0. The third-order valence-electron chi connectivity index (χ3n) is 4.34. The van der Waals surface area contributed by atoms with Crippen molar-refractivity contribution in [2.24, 2.45) is 0 Å². The quantitative estimate of drug-likeness (QED) is 0.850. The predicted octanol–water partition coefficient (Wildman–Crippen LogP) is 2.03. The standard InChI is InChI=1S/C17H22N4O2S/c1-4-19(5-2)17(23)14-10-24-11-21(14)16(22)13-9-20-7-6-12(3)8-15(20)18-13/h6-9,14H,4-5,10-11H2,1-3H3/t14-/m0/s1. The maximum atomic E-state index is 12.9. The minimum absolute atomic E-state index is 0.0259. The van der Waals surface area contributed by atoms with Gasteiger partial charge < -0.3 is 14.2 Å². The summed E-state index contributed by atoms with van der Waals surface area (Å²) >= 11 is 1.61. The second kappa shape index (κ2) is 6.84. The van der Waals surface area contributed by atoms with Crippen molar-refractivity contribution >= 4 is 29.2 Å². The Morgan fingerprint density at radius 3 is 2.83 bits per heavy atom. The first kappa shape index (κ1) is 16.8. The van der Waals surface area contributed by atoms with E-state index in [1.54, 1.807) is 27.8 Å². The summed E-state index contributed by atoms with van der Waals surface area (Å²) in [7, 11) is 0. The number of hydrogen-bond donors (Lipinski definition) is 0. The predicted molar refractivity (Wildman–Crippen MR) is 95.1 cm³/mol. The maximum absolute atomic E-state index is 12.9. The van der Waals surface area contributed by atoms with Crippen LogP contribution in [0, 0.1) is 6.92 Å². The molecule has 1 aliphatic heterocycles. The number of thioether (sulfide) groups is 1. The monoisotopic (exact) mass is 346 g/mol. The number of aromatic nitrogens is 2. The number of imidazole rings is 1. The Hall–Kier alpha value is -2.02. The first-order valence-corrected chi connectivity index (χ1v) is 9.33. The Morgan fingerprint density at radius 2 is 2.12 bits per heavy atom. The van der Waals surface area contributed by atoms with E-state index in [-0.39, 0.29) is 11.8 Å². The van der Waals surface area contributed by atoms with E-state index in [0.29, 0.717) is 30.4 Å². The molecule has 3 rings (SSSR count). The van der Waals surface area contributed by atoms with E-state index in [4.69, 9.17) is 0 Å². The van der Waals surface area contributed by atoms with Gasteiger partial charge in [-0.1, -0.05) is 0 Å². The zero-order valence-electron chi connectivity index (χ0n) is 14.2. The van der Waals surface area contributed by atoms with Crippen LogP contribution < -0.4 is 0 Å². The van der Waals surface area contributed by atoms with E-state index in [2.05, 4.69) is 4.98 Å². The molecule has 0 aromatic carbocycles. The molecular formula is C17H22N4O2S. The van der Waals surface area contributed by atoms with Gasteiger partial charge in [-0.2, -0.15) is 0 Å².